The molecule has 19 heteroatoms. The lowest BCUT2D eigenvalue weighted by molar-refractivity contribution is -0.482. The third kappa shape index (κ3) is 6.72. The average molecular weight is 546 g/mol. The number of H-pyrrole nitrogens is 1. The Morgan fingerprint density at radius 1 is 1.20 bits per heavy atom. The molecule has 3 heterocycles. The molecule has 0 spiro atoms. The van der Waals surface area contributed by atoms with Crippen LogP contribution in [0, 0.1) is 6.92 Å². The van der Waals surface area contributed by atoms with Crippen LogP contribution in [0.25, 0.3) is 0 Å². The number of rotatable bonds is 8. The molecule has 1 aromatic rings. The molecule has 1 aromatic heterocycles. The molecule has 2 fully saturated rings. The van der Waals surface area contributed by atoms with Gasteiger partial charge in [0.2, 0.25) is 0 Å². The van der Waals surface area contributed by atoms with Crippen molar-refractivity contribution in [3.63, 3.8) is 0 Å². The fourth-order valence-corrected chi connectivity index (χ4v) is 5.55. The first-order chi connectivity index (χ1) is 16.1. The van der Waals surface area contributed by atoms with Gasteiger partial charge in [0.25, 0.3) is 21.2 Å². The zero-order chi connectivity index (χ0) is 26.3. The molecular weight excluding hydrogens is 520 g/mol. The number of aliphatic hydroxyl groups is 3. The van der Waals surface area contributed by atoms with E-state index in [0.717, 1.165) is 4.57 Å². The molecule has 2 saturated heterocycles. The first kappa shape index (κ1) is 28.3. The van der Waals surface area contributed by atoms with Crippen LogP contribution in [0.3, 0.4) is 0 Å². The average Bonchev–Trinajstić information content (AvgIpc) is 3.11. The highest BCUT2D eigenvalue weighted by Crippen LogP contribution is 2.56. The van der Waals surface area contributed by atoms with Gasteiger partial charge >= 0.3 is 5.69 Å². The largest absolute Gasteiger partial charge is 0.756 e. The van der Waals surface area contributed by atoms with Crippen molar-refractivity contribution in [3.05, 3.63) is 32.6 Å². The number of phosphoric ester groups is 2. The summed E-state index contributed by atoms with van der Waals surface area (Å²) in [4.78, 5) is 49.6. The van der Waals surface area contributed by atoms with Gasteiger partial charge in [-0.3, -0.25) is 28.0 Å². The smallest absolute Gasteiger partial charge is 0.330 e. The van der Waals surface area contributed by atoms with Crippen molar-refractivity contribution >= 4 is 15.6 Å². The molecule has 10 atom stereocenters. The fourth-order valence-electron chi connectivity index (χ4n) is 3.47. The van der Waals surface area contributed by atoms with E-state index < -0.39 is 82.6 Å². The Morgan fingerprint density at radius 3 is 2.51 bits per heavy atom. The Kier molecular flexibility index (Phi) is 8.56. The van der Waals surface area contributed by atoms with Gasteiger partial charge in [0.05, 0.1) is 12.7 Å². The van der Waals surface area contributed by atoms with Crippen LogP contribution in [0.1, 0.15) is 25.1 Å². The van der Waals surface area contributed by atoms with Gasteiger partial charge in [0.1, 0.15) is 36.7 Å². The zero-order valence-corrected chi connectivity index (χ0v) is 20.3. The molecule has 2 aliphatic rings. The minimum absolute atomic E-state index is 0.169. The van der Waals surface area contributed by atoms with Crippen molar-refractivity contribution in [3.8, 4) is 0 Å². The van der Waals surface area contributed by atoms with E-state index in [1.165, 1.54) is 20.0 Å². The van der Waals surface area contributed by atoms with Gasteiger partial charge < -0.3 is 44.8 Å². The maximum absolute atomic E-state index is 12.0. The van der Waals surface area contributed by atoms with Crippen molar-refractivity contribution < 1.29 is 62.8 Å². The minimum Gasteiger partial charge on any atom is -0.756 e. The van der Waals surface area contributed by atoms with Gasteiger partial charge in [-0.25, -0.2) is 9.11 Å². The summed E-state index contributed by atoms with van der Waals surface area (Å²) < 4.78 is 48.5. The highest BCUT2D eigenvalue weighted by Gasteiger charge is 2.45. The van der Waals surface area contributed by atoms with E-state index in [1.807, 2.05) is 0 Å². The summed E-state index contributed by atoms with van der Waals surface area (Å²) in [5.41, 5.74) is 2.31. The SMILES string of the molecule is Cc1cn([C@H]2C[C@H](O)[C@@H](COP(=O)([O-])OP(=O)([O-])OC3O[C@H](C)[C@H]([NH3+])[C@H](O)[C@H]3O)O2)c(=O)[nH]c1=O. The number of quaternary nitrogens is 1. The molecule has 3 unspecified atom stereocenters. The number of ether oxygens (including phenoxy) is 2. The number of aliphatic hydroxyl groups excluding tert-OH is 3. The van der Waals surface area contributed by atoms with Gasteiger partial charge in [-0.05, 0) is 13.8 Å². The van der Waals surface area contributed by atoms with Crippen molar-refractivity contribution in [2.45, 2.75) is 69.3 Å². The Hall–Kier alpha value is -1.30. The summed E-state index contributed by atoms with van der Waals surface area (Å²) in [5, 5.41) is 29.9. The molecule has 2 aliphatic heterocycles. The highest BCUT2D eigenvalue weighted by atomic mass is 31.3. The van der Waals surface area contributed by atoms with Crippen molar-refractivity contribution in [2.75, 3.05) is 6.61 Å². The lowest BCUT2D eigenvalue weighted by atomic mass is 9.98. The summed E-state index contributed by atoms with van der Waals surface area (Å²) in [5.74, 6) is 0. The predicted molar refractivity (Wildman–Crippen MR) is 107 cm³/mol. The van der Waals surface area contributed by atoms with E-state index in [4.69, 9.17) is 9.47 Å². The van der Waals surface area contributed by atoms with Gasteiger partial charge in [0.15, 0.2) is 6.29 Å². The van der Waals surface area contributed by atoms with Gasteiger partial charge in [-0.1, -0.05) is 0 Å². The van der Waals surface area contributed by atoms with E-state index in [2.05, 4.69) is 24.1 Å². The van der Waals surface area contributed by atoms with Crippen LogP contribution in [0.15, 0.2) is 15.8 Å². The number of aryl methyl sites for hydroxylation is 1. The molecule has 0 amide bonds. The van der Waals surface area contributed by atoms with Crippen LogP contribution in [0.4, 0.5) is 0 Å². The molecule has 0 radical (unpaired) electrons. The predicted octanol–water partition coefficient (Wildman–Crippen LogP) is -4.44. The Bertz CT molecular complexity index is 1130. The van der Waals surface area contributed by atoms with Gasteiger partial charge in [0, 0.05) is 18.2 Å². The zero-order valence-electron chi connectivity index (χ0n) is 18.5. The number of phosphoric acid groups is 2. The van der Waals surface area contributed by atoms with E-state index in [9.17, 15) is 43.8 Å². The summed E-state index contributed by atoms with van der Waals surface area (Å²) in [6.07, 6.45) is -8.89. The first-order valence-electron chi connectivity index (χ1n) is 10.3. The summed E-state index contributed by atoms with van der Waals surface area (Å²) in [6, 6.07) is -0.816. The topological polar surface area (TPSA) is 270 Å². The first-order valence-corrected chi connectivity index (χ1v) is 13.2. The number of nitrogens with zero attached hydrogens (tertiary/aromatic N) is 1. The number of nitrogens with one attached hydrogen (secondary N) is 1. The summed E-state index contributed by atoms with van der Waals surface area (Å²) in [7, 11) is -11.3. The second-order valence-electron chi connectivity index (χ2n) is 8.14. The number of hydrogen-bond acceptors (Lipinski definition) is 14. The molecular formula is C16H26N3O14P2-. The molecule has 17 nitrogen and oxygen atoms in total. The quantitative estimate of drug-likeness (QED) is 0.193. The lowest BCUT2D eigenvalue weighted by Crippen LogP contribution is -2.77. The van der Waals surface area contributed by atoms with Crippen LogP contribution in [0.5, 0.6) is 0 Å². The van der Waals surface area contributed by atoms with E-state index in [-0.39, 0.29) is 12.0 Å². The Balaban J connectivity index is 1.59. The monoisotopic (exact) mass is 546 g/mol. The third-order valence-corrected chi connectivity index (χ3v) is 8.04. The minimum atomic E-state index is -5.70. The van der Waals surface area contributed by atoms with Crippen molar-refractivity contribution in [1.29, 1.82) is 0 Å². The molecule has 0 saturated carbocycles. The number of aromatic nitrogens is 2. The number of aromatic amines is 1. The normalized spacial score (nSPS) is 37.0. The van der Waals surface area contributed by atoms with Gasteiger partial charge in [-0.2, -0.15) is 0 Å². The van der Waals surface area contributed by atoms with Crippen molar-refractivity contribution in [2.24, 2.45) is 0 Å². The van der Waals surface area contributed by atoms with E-state index in [0.29, 0.717) is 0 Å². The van der Waals surface area contributed by atoms with E-state index in [1.54, 1.807) is 0 Å². The second kappa shape index (κ2) is 10.6. The van der Waals surface area contributed by atoms with E-state index >= 15 is 0 Å². The maximum Gasteiger partial charge on any atom is 0.330 e. The highest BCUT2D eigenvalue weighted by molar-refractivity contribution is 7.59. The Labute approximate surface area is 197 Å². The molecule has 7 N–H and O–H groups in total. The Morgan fingerprint density at radius 2 is 1.86 bits per heavy atom. The van der Waals surface area contributed by atoms with Crippen LogP contribution in [-0.2, 0) is 32.0 Å². The molecule has 35 heavy (non-hydrogen) atoms. The lowest BCUT2D eigenvalue weighted by Gasteiger charge is -2.40. The van der Waals surface area contributed by atoms with Crippen LogP contribution in [0.2, 0.25) is 0 Å². The summed E-state index contributed by atoms with van der Waals surface area (Å²) in [6.45, 7) is 1.96. The van der Waals surface area contributed by atoms with Gasteiger partial charge in [-0.15, -0.1) is 0 Å². The molecule has 200 valence electrons. The molecule has 3 rings (SSSR count). The van der Waals surface area contributed by atoms with Crippen LogP contribution < -0.4 is 26.8 Å². The third-order valence-electron chi connectivity index (χ3n) is 5.51. The summed E-state index contributed by atoms with van der Waals surface area (Å²) >= 11 is 0. The van der Waals surface area contributed by atoms with Crippen LogP contribution >= 0.6 is 15.6 Å². The second-order valence-corrected chi connectivity index (χ2v) is 11.1. The molecule has 0 bridgehead atoms. The molecule has 0 aromatic carbocycles. The van der Waals surface area contributed by atoms with Crippen LogP contribution in [-0.4, -0.2) is 74.3 Å². The number of hydrogen-bond donors (Lipinski definition) is 5. The standard InChI is InChI=1S/C16H27N3O14P2/c1-6-4-19(16(24)18-14(6)23)10-3-8(20)9(31-10)5-29-34(25,26)33-35(27,28)32-15-13(22)12(21)11(17)7(2)30-15/h4,7-13,15,20-22H,3,5,17H2,1-2H3,(H,25,26)(H,27,28)(H,18,23,24)/p-1/t7-,8+,9-,10-,11+,12+,13-,15?/m1/s1. The van der Waals surface area contributed by atoms with Crippen molar-refractivity contribution in [1.82, 2.24) is 9.55 Å². The fraction of sp³-hybridized carbons (Fsp3) is 0.750. The maximum atomic E-state index is 12.0. The molecule has 0 aliphatic carbocycles.